The fourth-order valence-electron chi connectivity index (χ4n) is 3.26. The molecule has 2 aromatic carbocycles. The molecule has 0 fully saturated rings. The van der Waals surface area contributed by atoms with Crippen molar-refractivity contribution in [2.45, 2.75) is 32.4 Å². The van der Waals surface area contributed by atoms with E-state index in [0.29, 0.717) is 22.9 Å². The molecule has 1 amide bonds. The number of fused-ring (bicyclic) bond motifs is 1. The Morgan fingerprint density at radius 1 is 1.10 bits per heavy atom. The number of carbonyl (C=O) groups is 2. The number of hydrogen-bond acceptors (Lipinski definition) is 4. The Hall–Kier alpha value is -3.48. The molecule has 3 rings (SSSR count). The molecule has 0 bridgehead atoms. The smallest absolute Gasteiger partial charge is 0.326 e. The number of para-hydroxylation sites is 1. The lowest BCUT2D eigenvalue weighted by atomic mass is 9.98. The van der Waals surface area contributed by atoms with Crippen LogP contribution in [-0.2, 0) is 9.59 Å². The van der Waals surface area contributed by atoms with Gasteiger partial charge >= 0.3 is 5.97 Å². The third-order valence-electron chi connectivity index (χ3n) is 5.11. The van der Waals surface area contributed by atoms with Gasteiger partial charge < -0.3 is 10.4 Å². The van der Waals surface area contributed by atoms with E-state index in [4.69, 9.17) is 0 Å². The van der Waals surface area contributed by atoms with Crippen molar-refractivity contribution in [2.24, 2.45) is 5.92 Å². The van der Waals surface area contributed by atoms with E-state index in [9.17, 15) is 19.5 Å². The zero-order valence-electron chi connectivity index (χ0n) is 16.3. The maximum Gasteiger partial charge on any atom is 0.326 e. The number of hydrogen-bond donors (Lipinski definition) is 2. The Labute approximate surface area is 168 Å². The first-order valence-electron chi connectivity index (χ1n) is 9.48. The van der Waals surface area contributed by atoms with Crippen molar-refractivity contribution in [3.63, 3.8) is 0 Å². The summed E-state index contributed by atoms with van der Waals surface area (Å²) >= 11 is 0. The van der Waals surface area contributed by atoms with Crippen molar-refractivity contribution in [1.82, 2.24) is 14.9 Å². The third kappa shape index (κ3) is 4.18. The molecule has 3 unspecified atom stereocenters. The average Bonchev–Trinajstić information content (AvgIpc) is 2.74. The number of carboxylic acid groups (broad SMARTS) is 1. The van der Waals surface area contributed by atoms with Crippen molar-refractivity contribution < 1.29 is 14.7 Å². The summed E-state index contributed by atoms with van der Waals surface area (Å²) in [5.41, 5.74) is 0.733. The molecule has 0 radical (unpaired) electrons. The molecule has 1 heterocycles. The predicted molar refractivity (Wildman–Crippen MR) is 110 cm³/mol. The molecule has 3 aromatic rings. The Kier molecular flexibility index (Phi) is 6.07. The number of nitrogens with one attached hydrogen (secondary N) is 1. The summed E-state index contributed by atoms with van der Waals surface area (Å²) < 4.78 is 1.25. The van der Waals surface area contributed by atoms with E-state index in [1.807, 2.05) is 6.92 Å². The van der Waals surface area contributed by atoms with Crippen molar-refractivity contribution >= 4 is 22.8 Å². The Morgan fingerprint density at radius 3 is 2.41 bits per heavy atom. The van der Waals surface area contributed by atoms with Crippen LogP contribution in [0.25, 0.3) is 10.9 Å². The second-order valence-corrected chi connectivity index (χ2v) is 7.00. The fraction of sp³-hybridized carbons (Fsp3) is 0.273. The van der Waals surface area contributed by atoms with Gasteiger partial charge in [0.1, 0.15) is 12.1 Å². The highest BCUT2D eigenvalue weighted by Crippen LogP contribution is 2.19. The maximum absolute atomic E-state index is 13.2. The largest absolute Gasteiger partial charge is 0.480 e. The summed E-state index contributed by atoms with van der Waals surface area (Å²) in [4.78, 5) is 42.3. The first kappa shape index (κ1) is 20.3. The van der Waals surface area contributed by atoms with E-state index in [1.165, 1.54) is 10.9 Å². The van der Waals surface area contributed by atoms with Gasteiger partial charge in [-0.1, -0.05) is 62.7 Å². The summed E-state index contributed by atoms with van der Waals surface area (Å²) in [6, 6.07) is 13.6. The first-order chi connectivity index (χ1) is 13.9. The van der Waals surface area contributed by atoms with Gasteiger partial charge in [0.05, 0.1) is 17.2 Å². The lowest BCUT2D eigenvalue weighted by Crippen LogP contribution is -2.48. The standard InChI is InChI=1S/C22H23N3O4/c1-3-14(2)18(22(28)29)24-20(26)19(15-9-5-4-6-10-15)25-13-23-17-12-8-7-11-16(17)21(25)27/h4-14,18-19H,3H2,1-2H3,(H,24,26)(H,28,29). The number of carbonyl (C=O) groups excluding carboxylic acids is 1. The maximum atomic E-state index is 13.2. The van der Waals surface area contributed by atoms with Gasteiger partial charge in [0.15, 0.2) is 0 Å². The normalized spacial score (nSPS) is 14.1. The molecule has 7 heteroatoms. The number of aromatic nitrogens is 2. The van der Waals surface area contributed by atoms with Gasteiger partial charge in [-0.25, -0.2) is 9.78 Å². The van der Waals surface area contributed by atoms with Gasteiger partial charge in [-0.15, -0.1) is 0 Å². The van der Waals surface area contributed by atoms with Gasteiger partial charge in [-0.05, 0) is 23.6 Å². The molecule has 3 atom stereocenters. The zero-order valence-corrected chi connectivity index (χ0v) is 16.3. The van der Waals surface area contributed by atoms with Crippen LogP contribution < -0.4 is 10.9 Å². The number of nitrogens with zero attached hydrogens (tertiary/aromatic N) is 2. The molecule has 7 nitrogen and oxygen atoms in total. The summed E-state index contributed by atoms with van der Waals surface area (Å²) in [6.07, 6.45) is 1.92. The minimum absolute atomic E-state index is 0.265. The van der Waals surface area contributed by atoms with Crippen molar-refractivity contribution in [1.29, 1.82) is 0 Å². The zero-order chi connectivity index (χ0) is 21.0. The van der Waals surface area contributed by atoms with Crippen molar-refractivity contribution in [2.75, 3.05) is 0 Å². The SMILES string of the molecule is CCC(C)C(NC(=O)C(c1ccccc1)n1cnc2ccccc2c1=O)C(=O)O. The van der Waals surface area contributed by atoms with E-state index < -0.39 is 24.0 Å². The fourth-order valence-corrected chi connectivity index (χ4v) is 3.26. The van der Waals surface area contributed by atoms with E-state index in [2.05, 4.69) is 10.3 Å². The van der Waals surface area contributed by atoms with E-state index in [0.717, 1.165) is 0 Å². The van der Waals surface area contributed by atoms with E-state index in [-0.39, 0.29) is 11.5 Å². The average molecular weight is 393 g/mol. The lowest BCUT2D eigenvalue weighted by molar-refractivity contribution is -0.143. The minimum atomic E-state index is -1.11. The number of benzene rings is 2. The van der Waals surface area contributed by atoms with Crippen LogP contribution in [0.4, 0.5) is 0 Å². The lowest BCUT2D eigenvalue weighted by Gasteiger charge is -2.25. The number of rotatable bonds is 7. The molecule has 0 saturated carbocycles. The number of aliphatic carboxylic acids is 1. The van der Waals surface area contributed by atoms with Crippen LogP contribution in [0, 0.1) is 5.92 Å². The highest BCUT2D eigenvalue weighted by molar-refractivity contribution is 5.88. The number of carboxylic acids is 1. The second kappa shape index (κ2) is 8.68. The van der Waals surface area contributed by atoms with Gasteiger partial charge in [0.25, 0.3) is 5.56 Å². The molecule has 0 spiro atoms. The monoisotopic (exact) mass is 393 g/mol. The molecule has 29 heavy (non-hydrogen) atoms. The highest BCUT2D eigenvalue weighted by atomic mass is 16.4. The van der Waals surface area contributed by atoms with Crippen LogP contribution in [0.5, 0.6) is 0 Å². The molecular weight excluding hydrogens is 370 g/mol. The van der Waals surface area contributed by atoms with Crippen LogP contribution in [-0.4, -0.2) is 32.6 Å². The van der Waals surface area contributed by atoms with Crippen molar-refractivity contribution in [3.05, 3.63) is 76.8 Å². The highest BCUT2D eigenvalue weighted by Gasteiger charge is 2.31. The summed E-state index contributed by atoms with van der Waals surface area (Å²) in [5.74, 6) is -1.94. The van der Waals surface area contributed by atoms with E-state index in [1.54, 1.807) is 61.5 Å². The van der Waals surface area contributed by atoms with Crippen LogP contribution >= 0.6 is 0 Å². The Bertz CT molecular complexity index is 1080. The molecule has 150 valence electrons. The number of amides is 1. The van der Waals surface area contributed by atoms with Crippen LogP contribution in [0.1, 0.15) is 31.9 Å². The quantitative estimate of drug-likeness (QED) is 0.643. The Balaban J connectivity index is 2.09. The summed E-state index contributed by atoms with van der Waals surface area (Å²) in [7, 11) is 0. The van der Waals surface area contributed by atoms with Crippen LogP contribution in [0.15, 0.2) is 65.7 Å². The van der Waals surface area contributed by atoms with Gasteiger partial charge in [0.2, 0.25) is 5.91 Å². The van der Waals surface area contributed by atoms with Crippen molar-refractivity contribution in [3.8, 4) is 0 Å². The van der Waals surface area contributed by atoms with Gasteiger partial charge in [-0.3, -0.25) is 14.2 Å². The predicted octanol–water partition coefficient (Wildman–Crippen LogP) is 2.60. The molecule has 2 N–H and O–H groups in total. The molecule has 0 saturated heterocycles. The minimum Gasteiger partial charge on any atom is -0.480 e. The summed E-state index contributed by atoms with van der Waals surface area (Å²) in [5, 5.41) is 12.5. The van der Waals surface area contributed by atoms with E-state index >= 15 is 0 Å². The molecular formula is C22H23N3O4. The Morgan fingerprint density at radius 2 is 1.76 bits per heavy atom. The second-order valence-electron chi connectivity index (χ2n) is 7.00. The molecule has 0 aliphatic heterocycles. The van der Waals surface area contributed by atoms with Crippen LogP contribution in [0.3, 0.4) is 0 Å². The van der Waals surface area contributed by atoms with Crippen LogP contribution in [0.2, 0.25) is 0 Å². The third-order valence-corrected chi connectivity index (χ3v) is 5.11. The molecule has 1 aromatic heterocycles. The van der Waals surface area contributed by atoms with Gasteiger partial charge in [0, 0.05) is 0 Å². The molecule has 0 aliphatic rings. The van der Waals surface area contributed by atoms with Gasteiger partial charge in [-0.2, -0.15) is 0 Å². The topological polar surface area (TPSA) is 101 Å². The first-order valence-corrected chi connectivity index (χ1v) is 9.48. The molecule has 0 aliphatic carbocycles. The summed E-state index contributed by atoms with van der Waals surface area (Å²) in [6.45, 7) is 3.62.